The van der Waals surface area contributed by atoms with Crippen molar-refractivity contribution in [3.05, 3.63) is 77.1 Å². The minimum Gasteiger partial charge on any atom is -0.347 e. The van der Waals surface area contributed by atoms with Crippen LogP contribution in [0.1, 0.15) is 50.8 Å². The van der Waals surface area contributed by atoms with E-state index in [9.17, 15) is 9.59 Å². The van der Waals surface area contributed by atoms with Crippen molar-refractivity contribution in [2.24, 2.45) is 0 Å². The van der Waals surface area contributed by atoms with Crippen LogP contribution in [0.4, 0.5) is 5.69 Å². The first-order valence-corrected chi connectivity index (χ1v) is 9.76. The van der Waals surface area contributed by atoms with Crippen molar-refractivity contribution >= 4 is 17.5 Å². The van der Waals surface area contributed by atoms with E-state index in [0.29, 0.717) is 24.5 Å². The maximum Gasteiger partial charge on any atom is 0.291 e. The fourth-order valence-electron chi connectivity index (χ4n) is 3.49. The fourth-order valence-corrected chi connectivity index (χ4v) is 3.49. The van der Waals surface area contributed by atoms with Crippen LogP contribution in [-0.2, 0) is 19.5 Å². The van der Waals surface area contributed by atoms with Gasteiger partial charge in [-0.1, -0.05) is 17.7 Å². The number of hydrogen-bond acceptors (Lipinski definition) is 4. The van der Waals surface area contributed by atoms with Crippen molar-refractivity contribution in [2.45, 2.75) is 39.3 Å². The molecule has 1 aromatic carbocycles. The fraction of sp³-hybridized carbons (Fsp3) is 0.273. The van der Waals surface area contributed by atoms with Gasteiger partial charge < -0.3 is 15.2 Å². The van der Waals surface area contributed by atoms with Gasteiger partial charge in [0.1, 0.15) is 5.69 Å². The molecule has 1 aliphatic heterocycles. The first-order chi connectivity index (χ1) is 14.1. The molecule has 0 atom stereocenters. The lowest BCUT2D eigenvalue weighted by Crippen LogP contribution is -2.25. The largest absolute Gasteiger partial charge is 0.347 e. The minimum absolute atomic E-state index is 0.262. The number of nitrogens with zero attached hydrogens (tertiary/aromatic N) is 3. The predicted octanol–water partition coefficient (Wildman–Crippen LogP) is 3.11. The monoisotopic (exact) mass is 389 g/mol. The third-order valence-electron chi connectivity index (χ3n) is 5.05. The Balaban J connectivity index is 1.55. The van der Waals surface area contributed by atoms with Crippen molar-refractivity contribution in [3.63, 3.8) is 0 Å². The zero-order valence-electron chi connectivity index (χ0n) is 16.3. The van der Waals surface area contributed by atoms with Crippen LogP contribution in [0, 0.1) is 6.92 Å². The van der Waals surface area contributed by atoms with Crippen molar-refractivity contribution in [1.29, 1.82) is 0 Å². The molecule has 4 rings (SSSR count). The summed E-state index contributed by atoms with van der Waals surface area (Å²) < 4.78 is 1.88. The van der Waals surface area contributed by atoms with E-state index in [4.69, 9.17) is 0 Å². The molecular formula is C22H23N5O2. The Morgan fingerprint density at radius 2 is 1.79 bits per heavy atom. The first-order valence-electron chi connectivity index (χ1n) is 9.76. The Morgan fingerprint density at radius 1 is 1.03 bits per heavy atom. The van der Waals surface area contributed by atoms with Gasteiger partial charge in [-0.05, 0) is 56.0 Å². The molecule has 29 heavy (non-hydrogen) atoms. The maximum atomic E-state index is 12.9. The van der Waals surface area contributed by atoms with E-state index < -0.39 is 0 Å². The number of amides is 2. The van der Waals surface area contributed by atoms with Crippen molar-refractivity contribution in [3.8, 4) is 0 Å². The summed E-state index contributed by atoms with van der Waals surface area (Å²) in [6, 6.07) is 11.3. The van der Waals surface area contributed by atoms with Gasteiger partial charge in [0.15, 0.2) is 5.82 Å². The molecule has 1 aliphatic rings. The second-order valence-corrected chi connectivity index (χ2v) is 7.20. The Labute approximate surface area is 169 Å². The van der Waals surface area contributed by atoms with Crippen LogP contribution in [0.2, 0.25) is 0 Å². The van der Waals surface area contributed by atoms with Crippen LogP contribution < -0.4 is 10.6 Å². The number of aromatic nitrogens is 3. The number of hydrogen-bond donors (Lipinski definition) is 2. The highest BCUT2D eigenvalue weighted by Crippen LogP contribution is 2.22. The van der Waals surface area contributed by atoms with Gasteiger partial charge in [0, 0.05) is 31.2 Å². The number of carbonyl (C=O) groups is 2. The lowest BCUT2D eigenvalue weighted by Gasteiger charge is -2.17. The molecule has 148 valence electrons. The summed E-state index contributed by atoms with van der Waals surface area (Å²) in [5.74, 6) is -0.277. The quantitative estimate of drug-likeness (QED) is 0.702. The third-order valence-corrected chi connectivity index (χ3v) is 5.05. The molecule has 0 radical (unpaired) electrons. The van der Waals surface area contributed by atoms with E-state index in [2.05, 4.69) is 20.6 Å². The van der Waals surface area contributed by atoms with Crippen LogP contribution in [0.5, 0.6) is 0 Å². The second kappa shape index (κ2) is 8.26. The van der Waals surface area contributed by atoms with Crippen LogP contribution >= 0.6 is 0 Å². The minimum atomic E-state index is -0.301. The maximum absolute atomic E-state index is 12.9. The predicted molar refractivity (Wildman–Crippen MR) is 110 cm³/mol. The first kappa shape index (κ1) is 18.9. The molecule has 7 nitrogen and oxygen atoms in total. The van der Waals surface area contributed by atoms with Crippen molar-refractivity contribution in [2.75, 3.05) is 5.32 Å². The highest BCUT2D eigenvalue weighted by molar-refractivity contribution is 6.03. The Bertz CT molecular complexity index is 1030. The number of pyridine rings is 1. The van der Waals surface area contributed by atoms with Crippen molar-refractivity contribution in [1.82, 2.24) is 19.9 Å². The lowest BCUT2D eigenvalue weighted by molar-refractivity contribution is 0.0945. The number of rotatable bonds is 5. The van der Waals surface area contributed by atoms with E-state index in [1.54, 1.807) is 12.4 Å². The molecule has 0 saturated carbocycles. The summed E-state index contributed by atoms with van der Waals surface area (Å²) in [7, 11) is 0. The molecule has 2 aromatic heterocycles. The number of imidazole rings is 1. The number of fused-ring (bicyclic) bond motifs is 1. The van der Waals surface area contributed by atoms with Gasteiger partial charge in [-0.25, -0.2) is 4.98 Å². The van der Waals surface area contributed by atoms with E-state index in [-0.39, 0.29) is 17.6 Å². The van der Waals surface area contributed by atoms with Gasteiger partial charge in [-0.2, -0.15) is 0 Å². The van der Waals surface area contributed by atoms with Crippen LogP contribution in [0.25, 0.3) is 0 Å². The number of nitrogens with one attached hydrogen (secondary N) is 2. The number of anilines is 1. The summed E-state index contributed by atoms with van der Waals surface area (Å²) in [5.41, 5.74) is 3.95. The Kier molecular flexibility index (Phi) is 5.37. The Hall–Kier alpha value is -3.48. The second-order valence-electron chi connectivity index (χ2n) is 7.20. The summed E-state index contributed by atoms with van der Waals surface area (Å²) in [6.45, 7) is 3.07. The van der Waals surface area contributed by atoms with E-state index in [1.165, 1.54) is 0 Å². The summed E-state index contributed by atoms with van der Waals surface area (Å²) in [6.07, 6.45) is 6.06. The summed E-state index contributed by atoms with van der Waals surface area (Å²) >= 11 is 0. The van der Waals surface area contributed by atoms with E-state index in [0.717, 1.165) is 36.1 Å². The normalized spacial score (nSPS) is 12.9. The average molecular weight is 389 g/mol. The molecule has 2 N–H and O–H groups in total. The average Bonchev–Trinajstić information content (AvgIpc) is 3.14. The van der Waals surface area contributed by atoms with Gasteiger partial charge >= 0.3 is 0 Å². The summed E-state index contributed by atoms with van der Waals surface area (Å²) in [5, 5.41) is 5.78. The molecule has 3 heterocycles. The zero-order valence-corrected chi connectivity index (χ0v) is 16.3. The van der Waals surface area contributed by atoms with E-state index in [1.807, 2.05) is 47.9 Å². The van der Waals surface area contributed by atoms with Gasteiger partial charge in [0.05, 0.1) is 5.69 Å². The molecule has 0 spiro atoms. The van der Waals surface area contributed by atoms with Crippen LogP contribution in [-0.4, -0.2) is 26.3 Å². The number of carbonyl (C=O) groups excluding carboxylic acids is 2. The van der Waals surface area contributed by atoms with Gasteiger partial charge in [-0.15, -0.1) is 0 Å². The topological polar surface area (TPSA) is 88.9 Å². The lowest BCUT2D eigenvalue weighted by atomic mass is 10.1. The molecule has 0 fully saturated rings. The smallest absolute Gasteiger partial charge is 0.291 e. The highest BCUT2D eigenvalue weighted by Gasteiger charge is 2.27. The van der Waals surface area contributed by atoms with Gasteiger partial charge in [-0.3, -0.25) is 14.6 Å². The molecule has 3 aromatic rings. The summed E-state index contributed by atoms with van der Waals surface area (Å²) in [4.78, 5) is 34.1. The SMILES string of the molecule is Cc1ccc(NC(=O)c2nc(C(=O)NCc3ccncc3)c3n2CCCC3)cc1. The standard InChI is InChI=1S/C22H23N5O2/c1-15-5-7-17(8-6-15)25-22(29)20-26-19(18-4-2-3-13-27(18)20)21(28)24-14-16-9-11-23-12-10-16/h5-12H,2-4,13-14H2,1H3,(H,24,28)(H,25,29). The molecular weight excluding hydrogens is 366 g/mol. The molecule has 0 bridgehead atoms. The molecule has 0 saturated heterocycles. The molecule has 7 heteroatoms. The highest BCUT2D eigenvalue weighted by atomic mass is 16.2. The van der Waals surface area contributed by atoms with Gasteiger partial charge in [0.25, 0.3) is 11.8 Å². The number of aryl methyl sites for hydroxylation is 1. The van der Waals surface area contributed by atoms with E-state index >= 15 is 0 Å². The van der Waals surface area contributed by atoms with Crippen molar-refractivity contribution < 1.29 is 9.59 Å². The number of benzene rings is 1. The Morgan fingerprint density at radius 3 is 2.55 bits per heavy atom. The third kappa shape index (κ3) is 4.18. The van der Waals surface area contributed by atoms with Crippen LogP contribution in [0.3, 0.4) is 0 Å². The zero-order chi connectivity index (χ0) is 20.2. The van der Waals surface area contributed by atoms with Crippen LogP contribution in [0.15, 0.2) is 48.8 Å². The molecule has 0 aliphatic carbocycles. The van der Waals surface area contributed by atoms with Gasteiger partial charge in [0.2, 0.25) is 0 Å². The molecule has 2 amide bonds. The molecule has 0 unspecified atom stereocenters.